The Morgan fingerprint density at radius 1 is 0.242 bits per heavy atom. The number of amides is 6. The van der Waals surface area contributed by atoms with Crippen LogP contribution in [-0.2, 0) is 0 Å². The van der Waals surface area contributed by atoms with E-state index in [4.69, 9.17) is 47.9 Å². The zero-order valence-electron chi connectivity index (χ0n) is 40.1. The maximum absolute atomic E-state index is 15.0. The minimum absolute atomic E-state index is 0.102. The Balaban J connectivity index is 4.32. The molecule has 1 aliphatic heterocycles. The summed E-state index contributed by atoms with van der Waals surface area (Å²) < 4.78 is 14.4. The van der Waals surface area contributed by atoms with Gasteiger partial charge in [0.15, 0.2) is 0 Å². The van der Waals surface area contributed by atoms with E-state index in [0.29, 0.717) is 77.8 Å². The number of nitrogens with zero attached hydrogens (tertiary/aromatic N) is 3. The van der Waals surface area contributed by atoms with Gasteiger partial charge in [0.1, 0.15) is 0 Å². The lowest BCUT2D eigenvalue weighted by Gasteiger charge is -2.32. The van der Waals surface area contributed by atoms with Crippen molar-refractivity contribution in [3.8, 4) is 0 Å². The van der Waals surface area contributed by atoms with Crippen molar-refractivity contribution in [3.05, 3.63) is 0 Å². The van der Waals surface area contributed by atoms with Crippen molar-refractivity contribution in [2.75, 3.05) is 78.5 Å². The average molecular weight is 994 g/mol. The lowest BCUT2D eigenvalue weighted by atomic mass is 10.2. The Kier molecular flexibility index (Phi) is 35.4. The number of hydrogen-bond donors (Lipinski definition) is 12. The molecule has 0 aliphatic carbocycles. The number of rotatable bonds is 42. The first-order valence-corrected chi connectivity index (χ1v) is 29.9. The summed E-state index contributed by atoms with van der Waals surface area (Å²) in [7, 11) is -14.3. The van der Waals surface area contributed by atoms with Gasteiger partial charge in [-0.25, -0.2) is 13.5 Å². The van der Waals surface area contributed by atoms with Gasteiger partial charge in [-0.3, -0.25) is 28.8 Å². The van der Waals surface area contributed by atoms with Gasteiger partial charge in [0, 0.05) is 39.3 Å². The molecule has 1 aliphatic rings. The molecule has 21 nitrogen and oxygen atoms in total. The van der Waals surface area contributed by atoms with Gasteiger partial charge < -0.3 is 66.3 Å². The number of carbonyl (C=O) groups excluding carboxylic acids is 6. The Morgan fingerprint density at radius 3 is 0.515 bits per heavy atom. The fourth-order valence-corrected chi connectivity index (χ4v) is 19.3. The van der Waals surface area contributed by atoms with Crippen molar-refractivity contribution in [1.29, 1.82) is 0 Å². The Hall–Kier alpha value is -2.73. The molecule has 0 unspecified atom stereocenters. The maximum atomic E-state index is 15.0. The van der Waals surface area contributed by atoms with Crippen LogP contribution in [0.3, 0.4) is 0 Å². The van der Waals surface area contributed by atoms with Crippen LogP contribution in [0.2, 0.25) is 0 Å². The number of nitrogens with two attached hydrogens (primary N) is 6. The molecule has 0 atom stereocenters. The number of unbranched alkanes of at least 4 members (excludes halogenated alkanes) is 18. The zero-order valence-corrected chi connectivity index (χ0v) is 42.7. The van der Waals surface area contributed by atoms with Crippen molar-refractivity contribution in [2.24, 2.45) is 47.9 Å². The van der Waals surface area contributed by atoms with E-state index in [1.807, 2.05) is 0 Å². The largest absolute Gasteiger partial charge is 0.349 e. The van der Waals surface area contributed by atoms with Crippen molar-refractivity contribution < 1.29 is 28.8 Å². The molecule has 0 aromatic heterocycles. The van der Waals surface area contributed by atoms with Crippen LogP contribution in [0.5, 0.6) is 0 Å². The normalized spacial score (nSPS) is 14.5. The summed E-state index contributed by atoms with van der Waals surface area (Å²) in [6, 6.07) is 0. The highest BCUT2D eigenvalue weighted by molar-refractivity contribution is 8.13. The summed E-state index contributed by atoms with van der Waals surface area (Å²) in [4.78, 5) is 90.1. The Bertz CT molecular complexity index is 1310. The van der Waals surface area contributed by atoms with E-state index in [1.54, 1.807) is 0 Å². The highest BCUT2D eigenvalue weighted by atomic mass is 31.3. The van der Waals surface area contributed by atoms with Crippen LogP contribution in [0.25, 0.3) is 0 Å². The first kappa shape index (κ1) is 61.3. The number of nitrogens with one attached hydrogen (secondary N) is 6. The van der Waals surface area contributed by atoms with E-state index in [9.17, 15) is 0 Å². The summed E-state index contributed by atoms with van der Waals surface area (Å²) in [5.41, 5.74) is 28.4. The molecule has 0 saturated carbocycles. The molecule has 0 aromatic rings. The molecule has 66 heavy (non-hydrogen) atoms. The van der Waals surface area contributed by atoms with Crippen molar-refractivity contribution in [2.45, 2.75) is 154 Å². The van der Waals surface area contributed by atoms with Gasteiger partial charge in [0.2, 0.25) is 0 Å². The van der Waals surface area contributed by atoms with E-state index in [1.165, 1.54) is 0 Å². The molecule has 0 saturated heterocycles. The van der Waals surface area contributed by atoms with Crippen LogP contribution < -0.4 is 66.3 Å². The molecule has 18 N–H and O–H groups in total. The second kappa shape index (κ2) is 38.2. The second-order valence-electron chi connectivity index (χ2n) is 16.7. The molecule has 1 heterocycles. The van der Waals surface area contributed by atoms with Gasteiger partial charge in [-0.2, -0.15) is 0 Å². The average Bonchev–Trinajstić information content (AvgIpc) is 3.32. The molecule has 0 bridgehead atoms. The van der Waals surface area contributed by atoms with Crippen LogP contribution in [0.4, 0.5) is 28.8 Å². The van der Waals surface area contributed by atoms with Gasteiger partial charge in [-0.15, -0.1) is 0 Å². The summed E-state index contributed by atoms with van der Waals surface area (Å²) >= 11 is 0. The fourth-order valence-electron chi connectivity index (χ4n) is 6.95. The van der Waals surface area contributed by atoms with Crippen molar-refractivity contribution in [1.82, 2.24) is 31.9 Å². The monoisotopic (exact) mass is 994 g/mol. The molecule has 0 fully saturated rings. The number of carbonyl (C=O) groups is 6. The van der Waals surface area contributed by atoms with Gasteiger partial charge in [-0.05, 0) is 116 Å². The first-order chi connectivity index (χ1) is 32.0. The molecular formula is C42H90N15O6P3. The maximum Gasteiger partial charge on any atom is 0.289 e. The molecule has 0 radical (unpaired) electrons. The third kappa shape index (κ3) is 22.6. The van der Waals surface area contributed by atoms with E-state index >= 15 is 28.8 Å². The SMILES string of the molecule is NCCCCCCNC(=O)P1(C(=O)NCCCCCCN)=NP(C(=O)NCCCCCCN)(C(=O)NCCCCCCN)=NP(C(=O)NCCCCCCN)(C(=O)NCCCCCCN)=N1. The third-order valence-electron chi connectivity index (χ3n) is 10.9. The van der Waals surface area contributed by atoms with E-state index in [0.717, 1.165) is 116 Å². The van der Waals surface area contributed by atoms with Crippen LogP contribution in [0, 0.1) is 0 Å². The van der Waals surface area contributed by atoms with Gasteiger partial charge >= 0.3 is 0 Å². The standard InChI is InChI=1S/C42H90N15O6P3/c43-25-13-1-7-19-31-49-37(58)64(38(59)50-32-20-8-2-14-26-44)55-65(39(60)51-33-21-9-3-15-27-45,40(61)52-34-22-10-4-16-28-46)57-66(56-64,41(62)53-35-23-11-5-17-29-47)42(63)54-36-24-12-6-18-30-48/h1-36,43-48H2,(H,49,58)(H,50,59)(H,51,60)(H,52,61)(H,53,62)(H,54,63). The summed E-state index contributed by atoms with van der Waals surface area (Å²) in [5, 5.41) is 17.0. The van der Waals surface area contributed by atoms with Crippen molar-refractivity contribution >= 4 is 55.5 Å². The predicted octanol–water partition coefficient (Wildman–Crippen LogP) is 7.72. The van der Waals surface area contributed by atoms with Crippen LogP contribution in [0.1, 0.15) is 154 Å². The lowest BCUT2D eigenvalue weighted by molar-refractivity contribution is 0.254. The van der Waals surface area contributed by atoms with Gasteiger partial charge in [0.25, 0.3) is 55.5 Å². The molecule has 1 rings (SSSR count). The Morgan fingerprint density at radius 2 is 0.379 bits per heavy atom. The molecule has 24 heteroatoms. The second-order valence-corrected chi connectivity index (χ2v) is 24.9. The van der Waals surface area contributed by atoms with E-state index < -0.39 is 55.5 Å². The smallest absolute Gasteiger partial charge is 0.289 e. The van der Waals surface area contributed by atoms with Crippen molar-refractivity contribution in [3.63, 3.8) is 0 Å². The minimum Gasteiger partial charge on any atom is -0.349 e. The lowest BCUT2D eigenvalue weighted by Crippen LogP contribution is -2.36. The quantitative estimate of drug-likeness (QED) is 0.0207. The molecular weight excluding hydrogens is 903 g/mol. The number of hydrogen-bond acceptors (Lipinski definition) is 15. The third-order valence-corrected chi connectivity index (χ3v) is 21.5. The zero-order chi connectivity index (χ0) is 48.8. The first-order valence-electron chi connectivity index (χ1n) is 24.8. The minimum atomic E-state index is -4.75. The van der Waals surface area contributed by atoms with Gasteiger partial charge in [-0.1, -0.05) is 77.0 Å². The fraction of sp³-hybridized carbons (Fsp3) is 0.857. The van der Waals surface area contributed by atoms with Crippen LogP contribution in [-0.4, -0.2) is 112 Å². The summed E-state index contributed by atoms with van der Waals surface area (Å²) in [6.45, 7) is 3.71. The molecule has 0 spiro atoms. The molecule has 384 valence electrons. The van der Waals surface area contributed by atoms with Gasteiger partial charge in [0.05, 0.1) is 0 Å². The van der Waals surface area contributed by atoms with E-state index in [2.05, 4.69) is 31.9 Å². The predicted molar refractivity (Wildman–Crippen MR) is 274 cm³/mol. The Labute approximate surface area is 395 Å². The molecule has 0 aromatic carbocycles. The topological polar surface area (TPSA) is 368 Å². The highest BCUT2D eigenvalue weighted by Crippen LogP contribution is 2.79. The van der Waals surface area contributed by atoms with Crippen LogP contribution >= 0.6 is 21.6 Å². The summed E-state index contributed by atoms with van der Waals surface area (Å²) in [5.74, 6) is 0. The summed E-state index contributed by atoms with van der Waals surface area (Å²) in [6.07, 6.45) is 17.0. The molecule has 6 amide bonds. The van der Waals surface area contributed by atoms with Crippen LogP contribution in [0.15, 0.2) is 13.5 Å². The highest BCUT2D eigenvalue weighted by Gasteiger charge is 2.55. The van der Waals surface area contributed by atoms with E-state index in [-0.39, 0.29) is 39.3 Å².